The van der Waals surface area contributed by atoms with E-state index in [-0.39, 0.29) is 15.9 Å². The number of carbonyl (C=O) groups is 2. The highest BCUT2D eigenvalue weighted by molar-refractivity contribution is 6.34. The van der Waals surface area contributed by atoms with E-state index in [4.69, 9.17) is 27.9 Å². The lowest BCUT2D eigenvalue weighted by molar-refractivity contribution is -0.119. The Balaban J connectivity index is 2.01. The highest BCUT2D eigenvalue weighted by Crippen LogP contribution is 2.22. The molecule has 0 aliphatic carbocycles. The van der Waals surface area contributed by atoms with Crippen LogP contribution in [0.5, 0.6) is 0 Å². The first-order valence-electron chi connectivity index (χ1n) is 7.15. The van der Waals surface area contributed by atoms with Gasteiger partial charge in [0.1, 0.15) is 5.15 Å². The van der Waals surface area contributed by atoms with Gasteiger partial charge in [-0.3, -0.25) is 4.79 Å². The molecule has 0 fully saturated rings. The summed E-state index contributed by atoms with van der Waals surface area (Å²) in [4.78, 5) is 27.8. The van der Waals surface area contributed by atoms with Gasteiger partial charge in [0, 0.05) is 5.69 Å². The number of hydrogen-bond acceptors (Lipinski definition) is 4. The van der Waals surface area contributed by atoms with E-state index in [1.807, 2.05) is 32.9 Å². The third kappa shape index (κ3) is 4.46. The topological polar surface area (TPSA) is 68.3 Å². The van der Waals surface area contributed by atoms with Crippen molar-refractivity contribution in [3.8, 4) is 0 Å². The van der Waals surface area contributed by atoms with Gasteiger partial charge in [-0.05, 0) is 44.0 Å². The number of aromatic nitrogens is 1. The number of aryl methyl sites for hydroxylation is 3. The number of halogens is 2. The Hall–Kier alpha value is -2.11. The van der Waals surface area contributed by atoms with Gasteiger partial charge in [0.2, 0.25) is 0 Å². The SMILES string of the molecule is Cc1cc(C)c(NC(=O)COC(=O)c2nc(Cl)ccc2Cl)c(C)c1. The van der Waals surface area contributed by atoms with E-state index < -0.39 is 18.5 Å². The van der Waals surface area contributed by atoms with Crippen molar-refractivity contribution in [1.29, 1.82) is 0 Å². The summed E-state index contributed by atoms with van der Waals surface area (Å²) in [5.74, 6) is -1.26. The fourth-order valence-electron chi connectivity index (χ4n) is 2.31. The normalized spacial score (nSPS) is 10.4. The maximum absolute atomic E-state index is 12.0. The summed E-state index contributed by atoms with van der Waals surface area (Å²) in [6, 6.07) is 6.82. The molecule has 1 N–H and O–H groups in total. The largest absolute Gasteiger partial charge is 0.451 e. The minimum atomic E-state index is -0.810. The van der Waals surface area contributed by atoms with Crippen LogP contribution in [0.2, 0.25) is 10.2 Å². The predicted octanol–water partition coefficient (Wildman–Crippen LogP) is 4.11. The van der Waals surface area contributed by atoms with Crippen LogP contribution in [0.1, 0.15) is 27.2 Å². The zero-order valence-corrected chi connectivity index (χ0v) is 15.0. The van der Waals surface area contributed by atoms with Gasteiger partial charge >= 0.3 is 5.97 Å². The molecular formula is C17H16Cl2N2O3. The van der Waals surface area contributed by atoms with E-state index in [1.54, 1.807) is 0 Å². The highest BCUT2D eigenvalue weighted by atomic mass is 35.5. The molecule has 0 spiro atoms. The lowest BCUT2D eigenvalue weighted by Crippen LogP contribution is -2.22. The molecule has 0 saturated carbocycles. The molecule has 2 aromatic rings. The van der Waals surface area contributed by atoms with Gasteiger partial charge in [-0.25, -0.2) is 9.78 Å². The van der Waals surface area contributed by atoms with Crippen molar-refractivity contribution in [3.63, 3.8) is 0 Å². The van der Waals surface area contributed by atoms with E-state index in [1.165, 1.54) is 12.1 Å². The lowest BCUT2D eigenvalue weighted by Gasteiger charge is -2.13. The zero-order valence-electron chi connectivity index (χ0n) is 13.4. The summed E-state index contributed by atoms with van der Waals surface area (Å²) in [7, 11) is 0. The van der Waals surface area contributed by atoms with Crippen LogP contribution < -0.4 is 5.32 Å². The molecule has 0 aliphatic rings. The van der Waals surface area contributed by atoms with Gasteiger partial charge in [-0.15, -0.1) is 0 Å². The number of pyridine rings is 1. The lowest BCUT2D eigenvalue weighted by atomic mass is 10.1. The fraction of sp³-hybridized carbons (Fsp3) is 0.235. The second-order valence-electron chi connectivity index (χ2n) is 5.36. The molecule has 0 atom stereocenters. The van der Waals surface area contributed by atoms with Crippen molar-refractivity contribution in [2.24, 2.45) is 0 Å². The average molecular weight is 367 g/mol. The molecule has 0 saturated heterocycles. The van der Waals surface area contributed by atoms with Crippen molar-refractivity contribution in [2.45, 2.75) is 20.8 Å². The molecular weight excluding hydrogens is 351 g/mol. The smallest absolute Gasteiger partial charge is 0.359 e. The molecule has 1 amide bonds. The van der Waals surface area contributed by atoms with E-state index in [2.05, 4.69) is 10.3 Å². The Morgan fingerprint density at radius 2 is 1.75 bits per heavy atom. The van der Waals surface area contributed by atoms with Crippen LogP contribution in [-0.4, -0.2) is 23.5 Å². The Morgan fingerprint density at radius 3 is 2.38 bits per heavy atom. The van der Waals surface area contributed by atoms with E-state index >= 15 is 0 Å². The van der Waals surface area contributed by atoms with Crippen LogP contribution in [0.25, 0.3) is 0 Å². The molecule has 126 valence electrons. The molecule has 2 rings (SSSR count). The average Bonchev–Trinajstić information content (AvgIpc) is 2.50. The van der Waals surface area contributed by atoms with Crippen LogP contribution in [-0.2, 0) is 9.53 Å². The molecule has 1 heterocycles. The van der Waals surface area contributed by atoms with Gasteiger partial charge in [0.25, 0.3) is 5.91 Å². The standard InChI is InChI=1S/C17H16Cl2N2O3/c1-9-6-10(2)15(11(3)7-9)21-14(22)8-24-17(23)16-12(18)4-5-13(19)20-16/h4-7H,8H2,1-3H3,(H,21,22). The number of amides is 1. The van der Waals surface area contributed by atoms with Crippen LogP contribution in [0, 0.1) is 20.8 Å². The van der Waals surface area contributed by atoms with Crippen molar-refractivity contribution in [2.75, 3.05) is 11.9 Å². The summed E-state index contributed by atoms with van der Waals surface area (Å²) in [6.45, 7) is 5.33. The summed E-state index contributed by atoms with van der Waals surface area (Å²) in [6.07, 6.45) is 0. The van der Waals surface area contributed by atoms with Gasteiger partial charge in [0.15, 0.2) is 12.3 Å². The van der Waals surface area contributed by atoms with Gasteiger partial charge in [-0.2, -0.15) is 0 Å². The van der Waals surface area contributed by atoms with Crippen molar-refractivity contribution in [3.05, 3.63) is 56.8 Å². The summed E-state index contributed by atoms with van der Waals surface area (Å²) in [5.41, 5.74) is 3.56. The second-order valence-corrected chi connectivity index (χ2v) is 6.16. The number of anilines is 1. The first-order valence-corrected chi connectivity index (χ1v) is 7.90. The summed E-state index contributed by atoms with van der Waals surface area (Å²) >= 11 is 11.6. The fourth-order valence-corrected chi connectivity index (χ4v) is 2.64. The number of benzene rings is 1. The summed E-state index contributed by atoms with van der Waals surface area (Å²) < 4.78 is 4.94. The molecule has 0 unspecified atom stereocenters. The maximum Gasteiger partial charge on any atom is 0.359 e. The first kappa shape index (κ1) is 18.2. The molecule has 1 aromatic carbocycles. The number of hydrogen-bond donors (Lipinski definition) is 1. The Morgan fingerprint density at radius 1 is 1.12 bits per heavy atom. The van der Waals surface area contributed by atoms with Crippen LogP contribution in [0.3, 0.4) is 0 Å². The number of esters is 1. The molecule has 7 heteroatoms. The van der Waals surface area contributed by atoms with E-state index in [0.29, 0.717) is 5.69 Å². The third-order valence-corrected chi connectivity index (χ3v) is 3.80. The predicted molar refractivity (Wildman–Crippen MR) is 93.8 cm³/mol. The monoisotopic (exact) mass is 366 g/mol. The number of carbonyl (C=O) groups excluding carboxylic acids is 2. The molecule has 0 bridgehead atoms. The Bertz CT molecular complexity index is 783. The van der Waals surface area contributed by atoms with Crippen LogP contribution in [0.15, 0.2) is 24.3 Å². The molecule has 0 radical (unpaired) electrons. The number of nitrogens with one attached hydrogen (secondary N) is 1. The second kappa shape index (κ2) is 7.64. The minimum absolute atomic E-state index is 0.107. The van der Waals surface area contributed by atoms with Crippen molar-refractivity contribution in [1.82, 2.24) is 4.98 Å². The summed E-state index contributed by atoms with van der Waals surface area (Å²) in [5, 5.41) is 2.96. The van der Waals surface area contributed by atoms with E-state index in [9.17, 15) is 9.59 Å². The zero-order chi connectivity index (χ0) is 17.9. The van der Waals surface area contributed by atoms with Crippen molar-refractivity contribution < 1.29 is 14.3 Å². The van der Waals surface area contributed by atoms with E-state index in [0.717, 1.165) is 16.7 Å². The Kier molecular flexibility index (Phi) is 5.80. The number of ether oxygens (including phenoxy) is 1. The molecule has 0 aliphatic heterocycles. The van der Waals surface area contributed by atoms with Crippen LogP contribution in [0.4, 0.5) is 5.69 Å². The first-order chi connectivity index (χ1) is 11.3. The quantitative estimate of drug-likeness (QED) is 0.652. The Labute approximate surface area is 149 Å². The maximum atomic E-state index is 12.0. The van der Waals surface area contributed by atoms with Gasteiger partial charge in [0.05, 0.1) is 5.02 Å². The minimum Gasteiger partial charge on any atom is -0.451 e. The molecule has 5 nitrogen and oxygen atoms in total. The molecule has 24 heavy (non-hydrogen) atoms. The molecule has 1 aromatic heterocycles. The third-order valence-electron chi connectivity index (χ3n) is 3.28. The van der Waals surface area contributed by atoms with Gasteiger partial charge < -0.3 is 10.1 Å². The van der Waals surface area contributed by atoms with Crippen LogP contribution >= 0.6 is 23.2 Å². The number of rotatable bonds is 4. The van der Waals surface area contributed by atoms with Gasteiger partial charge in [-0.1, -0.05) is 40.9 Å². The number of nitrogens with zero attached hydrogens (tertiary/aromatic N) is 1. The highest BCUT2D eigenvalue weighted by Gasteiger charge is 2.17. The van der Waals surface area contributed by atoms with Crippen molar-refractivity contribution >= 4 is 40.8 Å².